The highest BCUT2D eigenvalue weighted by atomic mass is 16.5. The first-order valence-electron chi connectivity index (χ1n) is 16.3. The van der Waals surface area contributed by atoms with Crippen LogP contribution >= 0.6 is 0 Å². The van der Waals surface area contributed by atoms with E-state index in [1.165, 1.54) is 33.4 Å². The van der Waals surface area contributed by atoms with E-state index in [4.69, 9.17) is 4.74 Å². The molecule has 2 bridgehead atoms. The van der Waals surface area contributed by atoms with Gasteiger partial charge in [0.1, 0.15) is 5.75 Å². The van der Waals surface area contributed by atoms with Gasteiger partial charge in [-0.25, -0.2) is 0 Å². The number of aryl methyl sites for hydroxylation is 2. The third-order valence-corrected chi connectivity index (χ3v) is 9.89. The third kappa shape index (κ3) is 6.63. The lowest BCUT2D eigenvalue weighted by molar-refractivity contribution is -0.128. The van der Waals surface area contributed by atoms with Crippen molar-refractivity contribution >= 4 is 11.5 Å². The molecule has 2 heterocycles. The number of rotatable bonds is 11. The summed E-state index contributed by atoms with van der Waals surface area (Å²) >= 11 is 0. The van der Waals surface area contributed by atoms with Crippen molar-refractivity contribution in [1.29, 1.82) is 0 Å². The van der Waals surface area contributed by atoms with Gasteiger partial charge >= 0.3 is 0 Å². The van der Waals surface area contributed by atoms with E-state index in [0.29, 0.717) is 18.6 Å². The fourth-order valence-electron chi connectivity index (χ4n) is 7.02. The van der Waals surface area contributed by atoms with Crippen molar-refractivity contribution in [3.8, 4) is 5.75 Å². The van der Waals surface area contributed by atoms with Crippen LogP contribution in [0.25, 0.3) is 5.57 Å². The Labute approximate surface area is 263 Å². The number of methoxy groups -OCH3 is 1. The van der Waals surface area contributed by atoms with Crippen molar-refractivity contribution in [1.82, 2.24) is 20.4 Å². The minimum atomic E-state index is 0.0240. The maximum Gasteiger partial charge on any atom is 0.252 e. The number of fused-ring (bicyclic) bond motifs is 2. The van der Waals surface area contributed by atoms with Crippen molar-refractivity contribution < 1.29 is 9.53 Å². The van der Waals surface area contributed by atoms with Gasteiger partial charge in [-0.1, -0.05) is 54.6 Å². The van der Waals surface area contributed by atoms with Crippen LogP contribution in [0.2, 0.25) is 0 Å². The first-order valence-corrected chi connectivity index (χ1v) is 16.3. The Kier molecular flexibility index (Phi) is 9.22. The molecule has 0 radical (unpaired) electrons. The lowest BCUT2D eigenvalue weighted by Crippen LogP contribution is -2.60. The zero-order valence-corrected chi connectivity index (χ0v) is 27.1. The van der Waals surface area contributed by atoms with Crippen molar-refractivity contribution in [3.05, 3.63) is 105 Å². The molecule has 3 aliphatic rings. The van der Waals surface area contributed by atoms with Crippen molar-refractivity contribution in [2.45, 2.75) is 77.7 Å². The Morgan fingerprint density at radius 2 is 1.66 bits per heavy atom. The number of nitrogens with one attached hydrogen (secondary N) is 2. The molecule has 2 unspecified atom stereocenters. The van der Waals surface area contributed by atoms with Crippen molar-refractivity contribution in [2.24, 2.45) is 0 Å². The summed E-state index contributed by atoms with van der Waals surface area (Å²) in [5, 5.41) is 7.34. The molecule has 1 amide bonds. The van der Waals surface area contributed by atoms with Crippen molar-refractivity contribution in [2.75, 3.05) is 33.8 Å². The van der Waals surface area contributed by atoms with E-state index in [2.05, 4.69) is 96.8 Å². The van der Waals surface area contributed by atoms with E-state index >= 15 is 0 Å². The molecule has 1 aliphatic carbocycles. The van der Waals surface area contributed by atoms with E-state index < -0.39 is 0 Å². The molecule has 6 rings (SSSR count). The fourth-order valence-corrected chi connectivity index (χ4v) is 7.02. The van der Waals surface area contributed by atoms with Gasteiger partial charge in [-0.2, -0.15) is 0 Å². The predicted molar refractivity (Wildman–Crippen MR) is 179 cm³/mol. The Morgan fingerprint density at radius 3 is 2.36 bits per heavy atom. The molecule has 6 heteroatoms. The number of piperazine rings is 1. The third-order valence-electron chi connectivity index (χ3n) is 9.89. The van der Waals surface area contributed by atoms with E-state index in [0.717, 1.165) is 74.3 Å². The first kappa shape index (κ1) is 30.6. The van der Waals surface area contributed by atoms with Crippen LogP contribution in [0, 0.1) is 20.8 Å². The van der Waals surface area contributed by atoms with Gasteiger partial charge in [0.25, 0.3) is 5.91 Å². The summed E-state index contributed by atoms with van der Waals surface area (Å²) in [7, 11) is 3.92. The number of carbonyl (C=O) groups is 1. The van der Waals surface area contributed by atoms with Crippen LogP contribution in [-0.2, 0) is 24.3 Å². The van der Waals surface area contributed by atoms with Crippen LogP contribution in [0.4, 0.5) is 0 Å². The summed E-state index contributed by atoms with van der Waals surface area (Å²) in [5.74, 6) is 1.06. The minimum absolute atomic E-state index is 0.0240. The second-order valence-electron chi connectivity index (χ2n) is 13.1. The lowest BCUT2D eigenvalue weighted by Gasteiger charge is -2.41. The quantitative estimate of drug-likeness (QED) is 0.305. The zero-order chi connectivity index (χ0) is 30.8. The lowest BCUT2D eigenvalue weighted by atomic mass is 9.83. The normalized spacial score (nSPS) is 19.8. The SMILES string of the molecule is COc1cccc(CN(C(=O)C2=C(c3ccc(CCN(C)Cc4c(C)cccc4C)cc3)CC3CNCC2N3)C2CC2)c1C. The van der Waals surface area contributed by atoms with Gasteiger partial charge in [-0.3, -0.25) is 4.79 Å². The largest absolute Gasteiger partial charge is 0.496 e. The number of nitrogens with zero attached hydrogens (tertiary/aromatic N) is 2. The molecular formula is C38H48N4O2. The number of likely N-dealkylation sites (N-methyl/N-ethyl adjacent to an activating group) is 1. The molecule has 1 saturated heterocycles. The number of carbonyl (C=O) groups excluding carboxylic acids is 1. The highest BCUT2D eigenvalue weighted by Gasteiger charge is 2.41. The van der Waals surface area contributed by atoms with Crippen LogP contribution in [0.15, 0.2) is 66.2 Å². The van der Waals surface area contributed by atoms with Gasteiger partial charge in [-0.15, -0.1) is 0 Å². The van der Waals surface area contributed by atoms with Crippen LogP contribution in [0.1, 0.15) is 58.2 Å². The summed E-state index contributed by atoms with van der Waals surface area (Å²) in [6.07, 6.45) is 4.00. The van der Waals surface area contributed by atoms with Gasteiger partial charge in [0, 0.05) is 50.4 Å². The topological polar surface area (TPSA) is 56.8 Å². The Morgan fingerprint density at radius 1 is 0.932 bits per heavy atom. The van der Waals surface area contributed by atoms with Crippen LogP contribution in [0.3, 0.4) is 0 Å². The van der Waals surface area contributed by atoms with E-state index in [-0.39, 0.29) is 11.9 Å². The molecule has 232 valence electrons. The first-order chi connectivity index (χ1) is 21.3. The smallest absolute Gasteiger partial charge is 0.252 e. The number of hydrogen-bond acceptors (Lipinski definition) is 5. The summed E-state index contributed by atoms with van der Waals surface area (Å²) in [6.45, 7) is 10.8. The van der Waals surface area contributed by atoms with Crippen LogP contribution < -0.4 is 15.4 Å². The molecule has 2 N–H and O–H groups in total. The Bertz CT molecular complexity index is 1500. The van der Waals surface area contributed by atoms with E-state index in [9.17, 15) is 4.79 Å². The summed E-state index contributed by atoms with van der Waals surface area (Å²) in [6, 6.07) is 22.4. The molecule has 44 heavy (non-hydrogen) atoms. The maximum atomic E-state index is 14.5. The highest BCUT2D eigenvalue weighted by molar-refractivity contribution is 6.03. The molecule has 0 spiro atoms. The number of amides is 1. The van der Waals surface area contributed by atoms with E-state index in [1.54, 1.807) is 7.11 Å². The van der Waals surface area contributed by atoms with Crippen molar-refractivity contribution in [3.63, 3.8) is 0 Å². The molecule has 2 aliphatic heterocycles. The Hall–Kier alpha value is -3.45. The van der Waals surface area contributed by atoms with Gasteiger partial charge in [0.2, 0.25) is 0 Å². The summed E-state index contributed by atoms with van der Waals surface area (Å²) in [4.78, 5) is 19.1. The van der Waals surface area contributed by atoms with Crippen LogP contribution in [-0.4, -0.2) is 67.6 Å². The number of benzene rings is 3. The molecule has 1 saturated carbocycles. The molecule has 2 atom stereocenters. The standard InChI is InChI=1S/C38H48N4O2/c1-25-8-6-9-26(2)34(25)24-41(4)19-18-28-12-14-29(15-13-28)33-20-31-21-39-22-35(40-31)37(33)38(43)42(32-16-17-32)23-30-10-7-11-36(44-5)27(30)3/h6-15,31-32,35,39-40H,16-24H2,1-5H3. The summed E-state index contributed by atoms with van der Waals surface area (Å²) in [5.41, 5.74) is 11.1. The molecule has 3 aromatic rings. The van der Waals surface area contributed by atoms with E-state index in [1.807, 2.05) is 12.1 Å². The maximum absolute atomic E-state index is 14.5. The van der Waals surface area contributed by atoms with Gasteiger partial charge in [0.15, 0.2) is 0 Å². The monoisotopic (exact) mass is 592 g/mol. The number of ether oxygens (including phenoxy) is 1. The van der Waals surface area contributed by atoms with Gasteiger partial charge in [-0.05, 0) is 104 Å². The molecule has 3 aromatic carbocycles. The fraction of sp³-hybridized carbons (Fsp3) is 0.447. The molecule has 0 aromatic heterocycles. The predicted octanol–water partition coefficient (Wildman–Crippen LogP) is 5.57. The summed E-state index contributed by atoms with van der Waals surface area (Å²) < 4.78 is 5.59. The van der Waals surface area contributed by atoms with Gasteiger partial charge < -0.3 is 25.2 Å². The number of hydrogen-bond donors (Lipinski definition) is 2. The molecule has 6 nitrogen and oxygen atoms in total. The minimum Gasteiger partial charge on any atom is -0.496 e. The second-order valence-corrected chi connectivity index (χ2v) is 13.1. The zero-order valence-electron chi connectivity index (χ0n) is 27.1. The Balaban J connectivity index is 1.22. The van der Waals surface area contributed by atoms with Crippen LogP contribution in [0.5, 0.6) is 5.75 Å². The second kappa shape index (κ2) is 13.3. The molecule has 2 fully saturated rings. The molecular weight excluding hydrogens is 544 g/mol. The highest BCUT2D eigenvalue weighted by Crippen LogP contribution is 2.37. The van der Waals surface area contributed by atoms with Gasteiger partial charge in [0.05, 0.1) is 13.2 Å². The average Bonchev–Trinajstić information content (AvgIpc) is 3.87. The average molecular weight is 593 g/mol.